The second-order valence-electron chi connectivity index (χ2n) is 7.88. The molecule has 160 valence electrons. The van der Waals surface area contributed by atoms with Crippen molar-refractivity contribution in [2.24, 2.45) is 0 Å². The van der Waals surface area contributed by atoms with E-state index in [2.05, 4.69) is 32.1 Å². The number of halogens is 1. The minimum absolute atomic E-state index is 0.0974. The number of amides is 1. The third-order valence-electron chi connectivity index (χ3n) is 5.59. The van der Waals surface area contributed by atoms with Crippen LogP contribution in [0.5, 0.6) is 0 Å². The third-order valence-corrected chi connectivity index (χ3v) is 5.59. The number of aromatic nitrogens is 4. The lowest BCUT2D eigenvalue weighted by Gasteiger charge is -2.17. The first-order valence-corrected chi connectivity index (χ1v) is 10.2. The van der Waals surface area contributed by atoms with Gasteiger partial charge in [0.2, 0.25) is 0 Å². The first kappa shape index (κ1) is 16.7. The number of carbonyl (C=O) groups excluding carboxylic acids is 1. The van der Waals surface area contributed by atoms with E-state index in [1.165, 1.54) is 6.07 Å². The van der Waals surface area contributed by atoms with Gasteiger partial charge in [0.15, 0.2) is 0 Å². The minimum atomic E-state index is -2.41. The van der Waals surface area contributed by atoms with Gasteiger partial charge >= 0.3 is 0 Å². The van der Waals surface area contributed by atoms with Crippen molar-refractivity contribution in [1.29, 1.82) is 0 Å². The summed E-state index contributed by atoms with van der Waals surface area (Å²) in [4.78, 5) is 25.5. The fraction of sp³-hybridized carbons (Fsp3) is 0.240. The molecule has 0 bridgehead atoms. The maximum absolute atomic E-state index is 14.1. The summed E-state index contributed by atoms with van der Waals surface area (Å²) in [6.45, 7) is -0.465. The number of H-pyrrole nitrogens is 1. The highest BCUT2D eigenvalue weighted by Gasteiger charge is 2.31. The number of hydrogen-bond donors (Lipinski definition) is 2. The van der Waals surface area contributed by atoms with Crippen molar-refractivity contribution in [1.82, 2.24) is 24.8 Å². The van der Waals surface area contributed by atoms with Crippen LogP contribution in [0.1, 0.15) is 55.8 Å². The number of rotatable bonds is 4. The molecular formula is C25H22FN5O. The van der Waals surface area contributed by atoms with Gasteiger partial charge in [-0.15, -0.1) is 5.92 Å². The molecule has 4 heterocycles. The molecular weight excluding hydrogens is 405 g/mol. The Morgan fingerprint density at radius 3 is 3.09 bits per heavy atom. The molecule has 32 heavy (non-hydrogen) atoms. The fourth-order valence-electron chi connectivity index (χ4n) is 4.21. The van der Waals surface area contributed by atoms with Gasteiger partial charge in [-0.2, -0.15) is 0 Å². The van der Waals surface area contributed by atoms with Crippen molar-refractivity contribution >= 4 is 16.8 Å². The van der Waals surface area contributed by atoms with Gasteiger partial charge in [0, 0.05) is 38.7 Å². The number of nitrogens with one attached hydrogen (secondary N) is 2. The SMILES string of the molecule is [2H]C([2H])([2H])C#Cc1cc(C)nc(C(=O)NC(c2cc3ccccc3[nH]2)c2ncn3c2C[C@@H](F)C3)c1. The van der Waals surface area contributed by atoms with Crippen LogP contribution in [0.4, 0.5) is 4.39 Å². The molecule has 1 aliphatic rings. The maximum Gasteiger partial charge on any atom is 0.270 e. The standard InChI is InChI=1S/C25H22FN5O/c1-3-6-16-9-15(2)28-21(10-16)25(32)30-23(20-11-17-7-4-5-8-19(17)29-20)24-22-12-18(26)13-31(22)14-27-24/h4-5,7-11,14,18,23,29H,12-13H2,1-2H3,(H,30,32)/t18-,23?/m1/s1/i1D3. The number of carbonyl (C=O) groups is 1. The molecule has 2 N–H and O–H groups in total. The smallest absolute Gasteiger partial charge is 0.270 e. The molecule has 3 aromatic heterocycles. The van der Waals surface area contributed by atoms with E-state index in [1.54, 1.807) is 23.9 Å². The Hall–Kier alpha value is -3.92. The molecule has 5 rings (SSSR count). The number of aryl methyl sites for hydroxylation is 1. The van der Waals surface area contributed by atoms with Gasteiger partial charge in [0.25, 0.3) is 5.91 Å². The molecule has 4 aromatic rings. The van der Waals surface area contributed by atoms with Crippen molar-refractivity contribution in [2.75, 3.05) is 0 Å². The second kappa shape index (κ2) is 7.97. The van der Waals surface area contributed by atoms with Crippen LogP contribution >= 0.6 is 0 Å². The largest absolute Gasteiger partial charge is 0.356 e. The molecule has 0 radical (unpaired) electrons. The molecule has 0 aliphatic carbocycles. The van der Waals surface area contributed by atoms with Crippen molar-refractivity contribution in [3.8, 4) is 11.8 Å². The van der Waals surface area contributed by atoms with Gasteiger partial charge in [-0.3, -0.25) is 4.79 Å². The molecule has 0 saturated heterocycles. The van der Waals surface area contributed by atoms with Crippen molar-refractivity contribution in [3.05, 3.63) is 82.8 Å². The molecule has 1 unspecified atom stereocenters. The van der Waals surface area contributed by atoms with Crippen LogP contribution in [-0.2, 0) is 13.0 Å². The summed E-state index contributed by atoms with van der Waals surface area (Å²) >= 11 is 0. The zero-order chi connectivity index (χ0) is 24.7. The van der Waals surface area contributed by atoms with E-state index in [0.717, 1.165) is 16.6 Å². The highest BCUT2D eigenvalue weighted by Crippen LogP contribution is 2.30. The Bertz CT molecular complexity index is 1460. The lowest BCUT2D eigenvalue weighted by molar-refractivity contribution is 0.0936. The quantitative estimate of drug-likeness (QED) is 0.483. The summed E-state index contributed by atoms with van der Waals surface area (Å²) in [5.41, 5.74) is 3.92. The summed E-state index contributed by atoms with van der Waals surface area (Å²) in [6, 6.07) is 12.1. The Kier molecular flexibility index (Phi) is 4.17. The Morgan fingerprint density at radius 2 is 2.25 bits per heavy atom. The second-order valence-corrected chi connectivity index (χ2v) is 7.88. The third kappa shape index (κ3) is 3.65. The van der Waals surface area contributed by atoms with Gasteiger partial charge in [-0.1, -0.05) is 24.1 Å². The zero-order valence-corrected chi connectivity index (χ0v) is 17.3. The van der Waals surface area contributed by atoms with E-state index < -0.39 is 25.0 Å². The first-order chi connectivity index (χ1) is 16.7. The normalized spacial score (nSPS) is 17.6. The van der Waals surface area contributed by atoms with E-state index in [-0.39, 0.29) is 18.7 Å². The first-order valence-electron chi connectivity index (χ1n) is 11.7. The van der Waals surface area contributed by atoms with Crippen LogP contribution in [0.2, 0.25) is 0 Å². The van der Waals surface area contributed by atoms with E-state index in [1.807, 2.05) is 30.3 Å². The van der Waals surface area contributed by atoms with Crippen molar-refractivity contribution in [3.63, 3.8) is 0 Å². The van der Waals surface area contributed by atoms with E-state index >= 15 is 0 Å². The molecule has 0 spiro atoms. The number of para-hydroxylation sites is 1. The van der Waals surface area contributed by atoms with Crippen molar-refractivity contribution < 1.29 is 13.3 Å². The molecule has 6 nitrogen and oxygen atoms in total. The molecule has 1 aliphatic heterocycles. The number of benzene rings is 1. The van der Waals surface area contributed by atoms with E-state index in [0.29, 0.717) is 22.6 Å². The predicted octanol–water partition coefficient (Wildman–Crippen LogP) is 3.85. The van der Waals surface area contributed by atoms with Crippen LogP contribution in [0.15, 0.2) is 48.8 Å². The molecule has 1 aromatic carbocycles. The van der Waals surface area contributed by atoms with Crippen LogP contribution in [0.3, 0.4) is 0 Å². The lowest BCUT2D eigenvalue weighted by atomic mass is 10.1. The number of alkyl halides is 1. The van der Waals surface area contributed by atoms with Crippen LogP contribution in [-0.4, -0.2) is 31.6 Å². The summed E-state index contributed by atoms with van der Waals surface area (Å²) in [5.74, 6) is 4.32. The minimum Gasteiger partial charge on any atom is -0.356 e. The lowest BCUT2D eigenvalue weighted by Crippen LogP contribution is -2.31. The average Bonchev–Trinajstić information content (AvgIpc) is 3.49. The summed E-state index contributed by atoms with van der Waals surface area (Å²) in [7, 11) is 0. The van der Waals surface area contributed by atoms with Crippen LogP contribution in [0.25, 0.3) is 10.9 Å². The highest BCUT2D eigenvalue weighted by atomic mass is 19.1. The number of imidazole rings is 1. The van der Waals surface area contributed by atoms with Gasteiger partial charge in [0.1, 0.15) is 17.9 Å². The summed E-state index contributed by atoms with van der Waals surface area (Å²) in [5, 5.41) is 3.96. The van der Waals surface area contributed by atoms with E-state index in [9.17, 15) is 9.18 Å². The molecule has 0 saturated carbocycles. The molecule has 2 atom stereocenters. The summed E-state index contributed by atoms with van der Waals surface area (Å²) in [6.07, 6.45) is 0.822. The van der Waals surface area contributed by atoms with Crippen molar-refractivity contribution in [2.45, 2.75) is 39.0 Å². The van der Waals surface area contributed by atoms with Gasteiger partial charge in [-0.25, -0.2) is 14.4 Å². The van der Waals surface area contributed by atoms with Crippen LogP contribution in [0, 0.1) is 18.8 Å². The Balaban J connectivity index is 1.53. The van der Waals surface area contributed by atoms with Gasteiger partial charge < -0.3 is 14.9 Å². The highest BCUT2D eigenvalue weighted by molar-refractivity contribution is 5.93. The zero-order valence-electron chi connectivity index (χ0n) is 20.3. The number of pyridine rings is 1. The van der Waals surface area contributed by atoms with Gasteiger partial charge in [0.05, 0.1) is 18.6 Å². The van der Waals surface area contributed by atoms with Gasteiger partial charge in [-0.05, 0) is 43.4 Å². The maximum atomic E-state index is 14.1. The molecule has 0 fully saturated rings. The number of aromatic amines is 1. The predicted molar refractivity (Wildman–Crippen MR) is 120 cm³/mol. The number of nitrogens with zero attached hydrogens (tertiary/aromatic N) is 3. The molecule has 1 amide bonds. The summed E-state index contributed by atoms with van der Waals surface area (Å²) < 4.78 is 37.8. The van der Waals surface area contributed by atoms with E-state index in [4.69, 9.17) is 4.11 Å². The monoisotopic (exact) mass is 430 g/mol. The average molecular weight is 431 g/mol. The Labute approximate surface area is 189 Å². The van der Waals surface area contributed by atoms with Crippen LogP contribution < -0.4 is 5.32 Å². The Morgan fingerprint density at radius 1 is 1.38 bits per heavy atom. The number of hydrogen-bond acceptors (Lipinski definition) is 3. The molecule has 7 heteroatoms. The number of fused-ring (bicyclic) bond motifs is 2. The topological polar surface area (TPSA) is 75.6 Å². The fourth-order valence-corrected chi connectivity index (χ4v) is 4.21.